The summed E-state index contributed by atoms with van der Waals surface area (Å²) < 4.78 is 1.87. The lowest BCUT2D eigenvalue weighted by molar-refractivity contribution is -0.120. The van der Waals surface area contributed by atoms with Crippen LogP contribution in [0.25, 0.3) is 5.65 Å². The number of carbonyl (C=O) groups excluding carboxylic acids is 1. The number of hydrogen-bond acceptors (Lipinski definition) is 3. The van der Waals surface area contributed by atoms with Crippen LogP contribution >= 0.6 is 11.6 Å². The highest BCUT2D eigenvalue weighted by Crippen LogP contribution is 2.11. The third-order valence-electron chi connectivity index (χ3n) is 2.63. The van der Waals surface area contributed by atoms with E-state index in [0.717, 1.165) is 17.8 Å². The number of nitrogens with one attached hydrogen (secondary N) is 2. The predicted molar refractivity (Wildman–Crippen MR) is 75.2 cm³/mol. The Balaban J connectivity index is 1.86. The van der Waals surface area contributed by atoms with E-state index in [1.54, 1.807) is 12.3 Å². The highest BCUT2D eigenvalue weighted by molar-refractivity contribution is 6.30. The molecule has 1 amide bonds. The maximum Gasteiger partial charge on any atom is 0.233 e. The number of halogens is 1. The highest BCUT2D eigenvalue weighted by Gasteiger charge is 2.03. The fraction of sp³-hybridized carbons (Fsp3) is 0.385. The molecule has 19 heavy (non-hydrogen) atoms. The molecule has 0 aliphatic carbocycles. The summed E-state index contributed by atoms with van der Waals surface area (Å²) >= 11 is 5.91. The van der Waals surface area contributed by atoms with Crippen LogP contribution < -0.4 is 10.6 Å². The van der Waals surface area contributed by atoms with Gasteiger partial charge in [0.15, 0.2) is 0 Å². The van der Waals surface area contributed by atoms with Crippen LogP contribution in [0.5, 0.6) is 0 Å². The molecular formula is C13H17ClN4O. The Kier molecular flexibility index (Phi) is 4.76. The number of amides is 1. The summed E-state index contributed by atoms with van der Waals surface area (Å²) in [5, 5.41) is 6.54. The van der Waals surface area contributed by atoms with E-state index in [0.29, 0.717) is 24.7 Å². The summed E-state index contributed by atoms with van der Waals surface area (Å²) in [5.74, 6) is 0.00802. The summed E-state index contributed by atoms with van der Waals surface area (Å²) in [6.45, 7) is 3.59. The third-order valence-corrected chi connectivity index (χ3v) is 2.85. The Bertz CT molecular complexity index is 567. The second kappa shape index (κ2) is 6.54. The summed E-state index contributed by atoms with van der Waals surface area (Å²) in [7, 11) is 0. The van der Waals surface area contributed by atoms with Crippen LogP contribution in [0.15, 0.2) is 24.5 Å². The van der Waals surface area contributed by atoms with Crippen LogP contribution in [0.1, 0.15) is 19.0 Å². The zero-order chi connectivity index (χ0) is 13.7. The molecule has 2 rings (SSSR count). The molecule has 0 aliphatic heterocycles. The molecule has 0 aromatic carbocycles. The van der Waals surface area contributed by atoms with Gasteiger partial charge in [-0.25, -0.2) is 4.98 Å². The van der Waals surface area contributed by atoms with E-state index in [-0.39, 0.29) is 5.91 Å². The molecule has 2 N–H and O–H groups in total. The second-order valence-corrected chi connectivity index (χ2v) is 4.73. The average molecular weight is 281 g/mol. The van der Waals surface area contributed by atoms with Gasteiger partial charge in [-0.2, -0.15) is 0 Å². The fourth-order valence-corrected chi connectivity index (χ4v) is 1.90. The minimum atomic E-state index is 0.00802. The molecule has 0 aliphatic rings. The molecule has 2 heterocycles. The maximum absolute atomic E-state index is 11.4. The Labute approximate surface area is 117 Å². The van der Waals surface area contributed by atoms with Gasteiger partial charge in [-0.05, 0) is 18.6 Å². The molecule has 102 valence electrons. The molecular weight excluding hydrogens is 264 g/mol. The molecule has 0 unspecified atom stereocenters. The molecule has 0 saturated carbocycles. The van der Waals surface area contributed by atoms with Gasteiger partial charge in [-0.3, -0.25) is 4.79 Å². The zero-order valence-electron chi connectivity index (χ0n) is 10.8. The van der Waals surface area contributed by atoms with Gasteiger partial charge in [-0.15, -0.1) is 0 Å². The van der Waals surface area contributed by atoms with Crippen molar-refractivity contribution in [3.8, 4) is 0 Å². The molecule has 2 aromatic heterocycles. The zero-order valence-corrected chi connectivity index (χ0v) is 11.6. The topological polar surface area (TPSA) is 58.4 Å². The standard InChI is InChI=1S/C13H17ClN4O/c1-2-5-16-13(19)7-15-6-11-9-18-8-10(14)3-4-12(18)17-11/h3-4,8-9,15H,2,5-7H2,1H3,(H,16,19). The summed E-state index contributed by atoms with van der Waals surface area (Å²) in [6.07, 6.45) is 4.65. The van der Waals surface area contributed by atoms with E-state index in [4.69, 9.17) is 11.6 Å². The van der Waals surface area contributed by atoms with Gasteiger partial charge in [0.05, 0.1) is 17.3 Å². The highest BCUT2D eigenvalue weighted by atomic mass is 35.5. The van der Waals surface area contributed by atoms with Crippen LogP contribution in [0, 0.1) is 0 Å². The van der Waals surface area contributed by atoms with E-state index < -0.39 is 0 Å². The van der Waals surface area contributed by atoms with Gasteiger partial charge in [-0.1, -0.05) is 18.5 Å². The molecule has 0 atom stereocenters. The molecule has 0 saturated heterocycles. The predicted octanol–water partition coefficient (Wildman–Crippen LogP) is 1.60. The van der Waals surface area contributed by atoms with E-state index in [1.165, 1.54) is 0 Å². The molecule has 2 aromatic rings. The Hall–Kier alpha value is -1.59. The number of hydrogen-bond donors (Lipinski definition) is 2. The van der Waals surface area contributed by atoms with Gasteiger partial charge in [0.2, 0.25) is 5.91 Å². The number of carbonyl (C=O) groups is 1. The number of rotatable bonds is 6. The third kappa shape index (κ3) is 3.94. The first-order valence-electron chi connectivity index (χ1n) is 6.29. The largest absolute Gasteiger partial charge is 0.355 e. The van der Waals surface area contributed by atoms with E-state index >= 15 is 0 Å². The second-order valence-electron chi connectivity index (χ2n) is 4.30. The van der Waals surface area contributed by atoms with Crippen LogP contribution in [0.2, 0.25) is 5.02 Å². The fourth-order valence-electron chi connectivity index (χ4n) is 1.73. The van der Waals surface area contributed by atoms with Crippen molar-refractivity contribution in [3.63, 3.8) is 0 Å². The Morgan fingerprint density at radius 3 is 3.05 bits per heavy atom. The van der Waals surface area contributed by atoms with Crippen molar-refractivity contribution in [1.82, 2.24) is 20.0 Å². The molecule has 0 fully saturated rings. The normalized spacial score (nSPS) is 10.8. The molecule has 0 bridgehead atoms. The van der Waals surface area contributed by atoms with Crippen molar-refractivity contribution >= 4 is 23.2 Å². The van der Waals surface area contributed by atoms with Gasteiger partial charge < -0.3 is 15.0 Å². The summed E-state index contributed by atoms with van der Waals surface area (Å²) in [5.41, 5.74) is 1.72. The van der Waals surface area contributed by atoms with Crippen LogP contribution in [0.3, 0.4) is 0 Å². The van der Waals surface area contributed by atoms with Crippen molar-refractivity contribution in [2.24, 2.45) is 0 Å². The lowest BCUT2D eigenvalue weighted by Gasteiger charge is -2.03. The minimum absolute atomic E-state index is 0.00802. The van der Waals surface area contributed by atoms with E-state index in [2.05, 4.69) is 15.6 Å². The molecule has 6 heteroatoms. The van der Waals surface area contributed by atoms with Gasteiger partial charge in [0.1, 0.15) is 5.65 Å². The van der Waals surface area contributed by atoms with Crippen LogP contribution in [0.4, 0.5) is 0 Å². The number of pyridine rings is 1. The number of nitrogens with zero attached hydrogens (tertiary/aromatic N) is 2. The van der Waals surface area contributed by atoms with Crippen molar-refractivity contribution in [1.29, 1.82) is 0 Å². The number of fused-ring (bicyclic) bond motifs is 1. The molecule has 0 spiro atoms. The monoisotopic (exact) mass is 280 g/mol. The lowest BCUT2D eigenvalue weighted by Crippen LogP contribution is -2.33. The van der Waals surface area contributed by atoms with Crippen molar-refractivity contribution < 1.29 is 4.79 Å². The minimum Gasteiger partial charge on any atom is -0.355 e. The van der Waals surface area contributed by atoms with Gasteiger partial charge in [0, 0.05) is 25.5 Å². The first kappa shape index (κ1) is 13.8. The first-order valence-corrected chi connectivity index (χ1v) is 6.67. The van der Waals surface area contributed by atoms with Crippen molar-refractivity contribution in [2.75, 3.05) is 13.1 Å². The van der Waals surface area contributed by atoms with Crippen LogP contribution in [-0.2, 0) is 11.3 Å². The molecule has 0 radical (unpaired) electrons. The quantitative estimate of drug-likeness (QED) is 0.845. The van der Waals surface area contributed by atoms with Gasteiger partial charge in [0.25, 0.3) is 0 Å². The Morgan fingerprint density at radius 1 is 1.42 bits per heavy atom. The SMILES string of the molecule is CCCNC(=O)CNCc1cn2cc(Cl)ccc2n1. The Morgan fingerprint density at radius 2 is 2.26 bits per heavy atom. The maximum atomic E-state index is 11.4. The summed E-state index contributed by atoms with van der Waals surface area (Å²) in [6, 6.07) is 3.67. The number of imidazole rings is 1. The van der Waals surface area contributed by atoms with Crippen LogP contribution in [-0.4, -0.2) is 28.4 Å². The van der Waals surface area contributed by atoms with Crippen molar-refractivity contribution in [2.45, 2.75) is 19.9 Å². The molecule has 5 nitrogen and oxygen atoms in total. The van der Waals surface area contributed by atoms with Crippen molar-refractivity contribution in [3.05, 3.63) is 35.2 Å². The van der Waals surface area contributed by atoms with Gasteiger partial charge >= 0.3 is 0 Å². The lowest BCUT2D eigenvalue weighted by atomic mass is 10.4. The van der Waals surface area contributed by atoms with E-state index in [1.807, 2.05) is 23.6 Å². The smallest absolute Gasteiger partial charge is 0.233 e. The summed E-state index contributed by atoms with van der Waals surface area (Å²) in [4.78, 5) is 15.8. The number of aromatic nitrogens is 2. The van der Waals surface area contributed by atoms with E-state index in [9.17, 15) is 4.79 Å². The average Bonchev–Trinajstić information content (AvgIpc) is 2.78. The first-order chi connectivity index (χ1) is 9.19.